The van der Waals surface area contributed by atoms with Gasteiger partial charge in [-0.05, 0) is 76.4 Å². The smallest absolute Gasteiger partial charge is 0.410 e. The first-order chi connectivity index (χ1) is 16.7. The summed E-state index contributed by atoms with van der Waals surface area (Å²) in [6.07, 6.45) is 1.31. The highest BCUT2D eigenvalue weighted by Gasteiger charge is 2.31. The SMILES string of the molecule is Cc1ncc(C(=O)Cc2cc(C(N)=O)cc(CN3CCN(C(=O)OC(C)(C)C)[C@@H](C)C3)c2C)cc1Cl. The van der Waals surface area contributed by atoms with E-state index in [1.165, 1.54) is 6.20 Å². The fourth-order valence-electron chi connectivity index (χ4n) is 4.27. The molecule has 1 atom stereocenters. The van der Waals surface area contributed by atoms with Crippen molar-refractivity contribution >= 4 is 29.4 Å². The molecule has 2 heterocycles. The van der Waals surface area contributed by atoms with E-state index >= 15 is 0 Å². The minimum absolute atomic E-state index is 0.0342. The molecule has 194 valence electrons. The van der Waals surface area contributed by atoms with Gasteiger partial charge in [-0.1, -0.05) is 11.6 Å². The predicted octanol–water partition coefficient (Wildman–Crippen LogP) is 4.32. The van der Waals surface area contributed by atoms with Crippen molar-refractivity contribution < 1.29 is 19.1 Å². The van der Waals surface area contributed by atoms with Crippen molar-refractivity contribution in [2.24, 2.45) is 5.73 Å². The molecular weight excluding hydrogens is 480 g/mol. The summed E-state index contributed by atoms with van der Waals surface area (Å²) in [7, 11) is 0. The van der Waals surface area contributed by atoms with Gasteiger partial charge in [0.1, 0.15) is 5.60 Å². The Balaban J connectivity index is 1.78. The molecule has 9 heteroatoms. The first-order valence-electron chi connectivity index (χ1n) is 12.0. The fraction of sp³-hybridized carbons (Fsp3) is 0.481. The number of hydrogen-bond donors (Lipinski definition) is 1. The maximum atomic E-state index is 13.0. The van der Waals surface area contributed by atoms with Crippen LogP contribution in [0, 0.1) is 13.8 Å². The Morgan fingerprint density at radius 1 is 1.11 bits per heavy atom. The Morgan fingerprint density at radius 3 is 2.36 bits per heavy atom. The number of carbonyl (C=O) groups is 3. The number of nitrogens with zero attached hydrogens (tertiary/aromatic N) is 3. The third-order valence-electron chi connectivity index (χ3n) is 6.34. The van der Waals surface area contributed by atoms with Crippen LogP contribution in [0.2, 0.25) is 5.02 Å². The highest BCUT2D eigenvalue weighted by molar-refractivity contribution is 6.31. The molecule has 2 N–H and O–H groups in total. The molecule has 36 heavy (non-hydrogen) atoms. The molecule has 1 fully saturated rings. The Kier molecular flexibility index (Phi) is 8.41. The second kappa shape index (κ2) is 11.0. The van der Waals surface area contributed by atoms with Gasteiger partial charge < -0.3 is 15.4 Å². The molecule has 2 amide bonds. The van der Waals surface area contributed by atoms with E-state index in [0.29, 0.717) is 48.0 Å². The minimum Gasteiger partial charge on any atom is -0.444 e. The van der Waals surface area contributed by atoms with E-state index in [0.717, 1.165) is 16.7 Å². The number of pyridine rings is 1. The third-order valence-corrected chi connectivity index (χ3v) is 6.72. The molecule has 1 saturated heterocycles. The lowest BCUT2D eigenvalue weighted by atomic mass is 9.93. The topological polar surface area (TPSA) is 106 Å². The van der Waals surface area contributed by atoms with Crippen LogP contribution in [0.5, 0.6) is 0 Å². The van der Waals surface area contributed by atoms with Crippen LogP contribution in [0.25, 0.3) is 0 Å². The van der Waals surface area contributed by atoms with E-state index in [9.17, 15) is 14.4 Å². The van der Waals surface area contributed by atoms with Crippen molar-refractivity contribution in [2.45, 2.75) is 66.2 Å². The van der Waals surface area contributed by atoms with Gasteiger partial charge in [-0.15, -0.1) is 0 Å². The molecule has 0 saturated carbocycles. The van der Waals surface area contributed by atoms with Crippen LogP contribution in [0.3, 0.4) is 0 Å². The zero-order valence-electron chi connectivity index (χ0n) is 21.9. The van der Waals surface area contributed by atoms with E-state index in [1.807, 2.05) is 34.6 Å². The number of carbonyl (C=O) groups excluding carboxylic acids is 3. The van der Waals surface area contributed by atoms with Crippen LogP contribution in [-0.4, -0.2) is 63.8 Å². The van der Waals surface area contributed by atoms with Gasteiger partial charge in [0.2, 0.25) is 5.91 Å². The summed E-state index contributed by atoms with van der Waals surface area (Å²) in [6.45, 7) is 13.7. The molecule has 2 aromatic rings. The molecule has 1 aliphatic heterocycles. The Bertz CT molecular complexity index is 1180. The van der Waals surface area contributed by atoms with Crippen LogP contribution < -0.4 is 5.73 Å². The molecule has 0 unspecified atom stereocenters. The standard InChI is InChI=1S/C27H35ClN4O4/c1-16-14-31(7-8-32(16)26(35)36-27(4,5)6)15-22-10-20(25(29)34)9-19(17(22)2)12-24(33)21-11-23(28)18(3)30-13-21/h9-11,13,16H,7-8,12,14-15H2,1-6H3,(H2,29,34)/t16-/m0/s1. The molecule has 1 aromatic heterocycles. The van der Waals surface area contributed by atoms with Crippen molar-refractivity contribution in [3.8, 4) is 0 Å². The maximum absolute atomic E-state index is 13.0. The zero-order valence-corrected chi connectivity index (χ0v) is 22.6. The Labute approximate surface area is 217 Å². The largest absolute Gasteiger partial charge is 0.444 e. The lowest BCUT2D eigenvalue weighted by Crippen LogP contribution is -2.54. The average Bonchev–Trinajstić information content (AvgIpc) is 2.76. The Hall–Kier alpha value is -2.97. The van der Waals surface area contributed by atoms with Crippen LogP contribution in [0.4, 0.5) is 4.79 Å². The number of rotatable bonds is 6. The molecular formula is C27H35ClN4O4. The van der Waals surface area contributed by atoms with Gasteiger partial charge in [0.05, 0.1) is 10.7 Å². The fourth-order valence-corrected chi connectivity index (χ4v) is 4.44. The van der Waals surface area contributed by atoms with Gasteiger partial charge >= 0.3 is 6.09 Å². The maximum Gasteiger partial charge on any atom is 0.410 e. The third kappa shape index (κ3) is 6.83. The highest BCUT2D eigenvalue weighted by Crippen LogP contribution is 2.24. The number of nitrogens with two attached hydrogens (primary N) is 1. The van der Waals surface area contributed by atoms with Gasteiger partial charge in [-0.2, -0.15) is 0 Å². The van der Waals surface area contributed by atoms with Crippen LogP contribution in [0.1, 0.15) is 70.8 Å². The summed E-state index contributed by atoms with van der Waals surface area (Å²) >= 11 is 6.15. The van der Waals surface area contributed by atoms with E-state index in [4.69, 9.17) is 22.1 Å². The predicted molar refractivity (Wildman–Crippen MR) is 139 cm³/mol. The number of benzene rings is 1. The van der Waals surface area contributed by atoms with Crippen LogP contribution in [0.15, 0.2) is 24.4 Å². The van der Waals surface area contributed by atoms with E-state index in [-0.39, 0.29) is 24.3 Å². The monoisotopic (exact) mass is 514 g/mol. The summed E-state index contributed by atoms with van der Waals surface area (Å²) in [4.78, 5) is 45.8. The summed E-state index contributed by atoms with van der Waals surface area (Å²) in [5, 5.41) is 0.434. The number of Topliss-reactive ketones (excluding diaryl/α,β-unsaturated/α-hetero) is 1. The second-order valence-corrected chi connectivity index (χ2v) is 10.8. The van der Waals surface area contributed by atoms with Crippen molar-refractivity contribution in [1.29, 1.82) is 0 Å². The lowest BCUT2D eigenvalue weighted by molar-refractivity contribution is 0.000515. The van der Waals surface area contributed by atoms with E-state index in [2.05, 4.69) is 9.88 Å². The molecule has 8 nitrogen and oxygen atoms in total. The highest BCUT2D eigenvalue weighted by atomic mass is 35.5. The van der Waals surface area contributed by atoms with Crippen LogP contribution >= 0.6 is 11.6 Å². The first-order valence-corrected chi connectivity index (χ1v) is 12.4. The van der Waals surface area contributed by atoms with Crippen molar-refractivity contribution in [2.75, 3.05) is 19.6 Å². The summed E-state index contributed by atoms with van der Waals surface area (Å²) < 4.78 is 5.54. The number of aromatic nitrogens is 1. The number of ether oxygens (including phenoxy) is 1. The summed E-state index contributed by atoms with van der Waals surface area (Å²) in [5.41, 5.74) is 9.10. The van der Waals surface area contributed by atoms with Gasteiger partial charge in [0.15, 0.2) is 5.78 Å². The zero-order chi connectivity index (χ0) is 26.8. The molecule has 0 bridgehead atoms. The normalized spacial score (nSPS) is 16.6. The second-order valence-electron chi connectivity index (χ2n) is 10.4. The molecule has 0 radical (unpaired) electrons. The molecule has 3 rings (SSSR count). The number of hydrogen-bond acceptors (Lipinski definition) is 6. The first kappa shape index (κ1) is 27.6. The number of primary amides is 1. The molecule has 1 aromatic carbocycles. The summed E-state index contributed by atoms with van der Waals surface area (Å²) in [6, 6.07) is 5.06. The Morgan fingerprint density at radius 2 is 1.78 bits per heavy atom. The number of ketones is 1. The lowest BCUT2D eigenvalue weighted by Gasteiger charge is -2.40. The number of halogens is 1. The van der Waals surface area contributed by atoms with Crippen molar-refractivity contribution in [3.05, 3.63) is 62.9 Å². The number of aryl methyl sites for hydroxylation is 1. The number of amides is 2. The van der Waals surface area contributed by atoms with Crippen LogP contribution in [-0.2, 0) is 17.7 Å². The van der Waals surface area contributed by atoms with Gasteiger partial charge in [0, 0.05) is 56.0 Å². The quantitative estimate of drug-likeness (QED) is 0.575. The van der Waals surface area contributed by atoms with E-state index in [1.54, 1.807) is 30.0 Å². The molecule has 0 spiro atoms. The van der Waals surface area contributed by atoms with Gasteiger partial charge in [0.25, 0.3) is 0 Å². The van der Waals surface area contributed by atoms with Gasteiger partial charge in [-0.25, -0.2) is 4.79 Å². The molecule has 1 aliphatic rings. The average molecular weight is 515 g/mol. The van der Waals surface area contributed by atoms with Crippen molar-refractivity contribution in [1.82, 2.24) is 14.8 Å². The summed E-state index contributed by atoms with van der Waals surface area (Å²) in [5.74, 6) is -0.687. The molecule has 0 aliphatic carbocycles. The van der Waals surface area contributed by atoms with Gasteiger partial charge in [-0.3, -0.25) is 19.5 Å². The van der Waals surface area contributed by atoms with Crippen molar-refractivity contribution in [3.63, 3.8) is 0 Å². The minimum atomic E-state index is -0.548. The number of piperazine rings is 1. The van der Waals surface area contributed by atoms with E-state index < -0.39 is 11.5 Å².